The largest absolute Gasteiger partial charge is 0.467 e. The number of carbonyl (C=O) groups excluding carboxylic acids is 1. The first-order chi connectivity index (χ1) is 20.3. The fourth-order valence-electron chi connectivity index (χ4n) is 5.33. The zero-order chi connectivity index (χ0) is 29.5. The Hall–Kier alpha value is -3.79. The van der Waals surface area contributed by atoms with E-state index in [-0.39, 0.29) is 70.1 Å². The Labute approximate surface area is 276 Å². The van der Waals surface area contributed by atoms with Gasteiger partial charge in [-0.3, -0.25) is 9.78 Å². The molecule has 11 nitrogen and oxygen atoms in total. The molecule has 0 radical (unpaired) electrons. The van der Waals surface area contributed by atoms with E-state index in [1.165, 1.54) is 36.7 Å². The molecule has 2 aromatic carbocycles. The van der Waals surface area contributed by atoms with E-state index >= 15 is 8.78 Å². The van der Waals surface area contributed by atoms with Crippen LogP contribution in [0, 0.1) is 12.7 Å². The zero-order valence-corrected chi connectivity index (χ0v) is 26.2. The van der Waals surface area contributed by atoms with Crippen LogP contribution in [-0.4, -0.2) is 78.4 Å². The summed E-state index contributed by atoms with van der Waals surface area (Å²) in [4.78, 5) is 34.0. The van der Waals surface area contributed by atoms with Crippen LogP contribution in [0.25, 0.3) is 33.1 Å². The number of likely N-dealkylation sites (tertiary alicyclic amines) is 1. The molecule has 45 heavy (non-hydrogen) atoms. The second kappa shape index (κ2) is 14.5. The number of rotatable bonds is 6. The number of hydrogen-bond donors (Lipinski definition) is 1. The number of pyridine rings is 1. The third-order valence-corrected chi connectivity index (χ3v) is 7.57. The highest BCUT2D eigenvalue weighted by Crippen LogP contribution is 2.39. The first-order valence-electron chi connectivity index (χ1n) is 13.0. The average Bonchev–Trinajstić information content (AvgIpc) is 3.32. The topological polar surface area (TPSA) is 128 Å². The number of aliphatic hydroxyl groups is 1. The molecule has 1 aliphatic heterocycles. The minimum atomic E-state index is -1.40. The molecular weight excluding hydrogens is 648 g/mol. The van der Waals surface area contributed by atoms with Crippen LogP contribution in [0.15, 0.2) is 42.9 Å². The fraction of sp³-hybridized carbons (Fsp3) is 0.310. The van der Waals surface area contributed by atoms with Crippen LogP contribution in [0.3, 0.4) is 0 Å². The Morgan fingerprint density at radius 2 is 1.84 bits per heavy atom. The number of nitrogens with zero attached hydrogens (tertiary/aromatic N) is 7. The number of methoxy groups -OCH3 is 1. The number of aryl methyl sites for hydroxylation is 1. The van der Waals surface area contributed by atoms with E-state index in [1.54, 1.807) is 29.7 Å². The number of piperidine rings is 1. The van der Waals surface area contributed by atoms with Gasteiger partial charge in [-0.1, -0.05) is 19.0 Å². The minimum absolute atomic E-state index is 0. The fourth-order valence-corrected chi connectivity index (χ4v) is 5.61. The Bertz CT molecular complexity index is 1850. The molecule has 0 bridgehead atoms. The summed E-state index contributed by atoms with van der Waals surface area (Å²) in [5, 5.41) is 9.97. The van der Waals surface area contributed by atoms with Crippen LogP contribution in [0.5, 0.6) is 17.8 Å². The molecule has 1 saturated heterocycles. The summed E-state index contributed by atoms with van der Waals surface area (Å²) in [7, 11) is 1.42. The van der Waals surface area contributed by atoms with E-state index in [0.717, 1.165) is 0 Å². The monoisotopic (exact) mass is 679 g/mol. The van der Waals surface area contributed by atoms with Crippen LogP contribution < -0.4 is 9.47 Å². The maximum absolute atomic E-state index is 15.5. The number of carbonyl (C=O) groups is 1. The van der Waals surface area contributed by atoms with Crippen LogP contribution in [0.1, 0.15) is 25.7 Å². The second-order valence-electron chi connectivity index (χ2n) is 9.74. The van der Waals surface area contributed by atoms with Crippen LogP contribution in [0.4, 0.5) is 8.78 Å². The average molecular weight is 680 g/mol. The Kier molecular flexibility index (Phi) is 11.5. The van der Waals surface area contributed by atoms with Gasteiger partial charge in [-0.2, -0.15) is 37.0 Å². The molecule has 0 unspecified atom stereocenters. The first kappa shape index (κ1) is 35.7. The van der Waals surface area contributed by atoms with Gasteiger partial charge in [-0.05, 0) is 31.5 Å². The smallest absolute Gasteiger partial charge is 0.328 e. The SMILES string of the molecule is C.COc1ncnc(Oc2ccc(-c3cc4c(cc3F)ncc3nc(C)n([C@H]5CCN(C(=O)CO)C[C@@H]5F)c34)c(Cl)c2)n1.S.S. The third-order valence-electron chi connectivity index (χ3n) is 7.26. The number of fused-ring (bicyclic) bond motifs is 3. The van der Waals surface area contributed by atoms with Gasteiger partial charge < -0.3 is 24.0 Å². The van der Waals surface area contributed by atoms with Gasteiger partial charge in [0, 0.05) is 35.2 Å². The highest BCUT2D eigenvalue weighted by molar-refractivity contribution is 7.59. The number of imidazole rings is 1. The van der Waals surface area contributed by atoms with Crippen molar-refractivity contribution >= 4 is 66.4 Å². The first-order valence-corrected chi connectivity index (χ1v) is 13.4. The summed E-state index contributed by atoms with van der Waals surface area (Å²) < 4.78 is 43.4. The van der Waals surface area contributed by atoms with Crippen molar-refractivity contribution in [3.8, 4) is 28.9 Å². The minimum Gasteiger partial charge on any atom is -0.467 e. The summed E-state index contributed by atoms with van der Waals surface area (Å²) in [5.41, 5.74) is 2.11. The molecule has 0 aliphatic carbocycles. The van der Waals surface area contributed by atoms with Crippen molar-refractivity contribution < 1.29 is 28.2 Å². The van der Waals surface area contributed by atoms with E-state index in [0.29, 0.717) is 45.5 Å². The molecular formula is C29H32ClF2N7O4S2. The van der Waals surface area contributed by atoms with Gasteiger partial charge >= 0.3 is 12.0 Å². The van der Waals surface area contributed by atoms with Gasteiger partial charge in [0.05, 0.1) is 41.9 Å². The molecule has 1 N–H and O–H groups in total. The number of aromatic nitrogens is 6. The van der Waals surface area contributed by atoms with Crippen molar-refractivity contribution in [2.45, 2.75) is 33.0 Å². The predicted molar refractivity (Wildman–Crippen MR) is 176 cm³/mol. The number of alkyl halides is 1. The number of ether oxygens (including phenoxy) is 2. The van der Waals surface area contributed by atoms with Crippen molar-refractivity contribution in [1.29, 1.82) is 0 Å². The third kappa shape index (κ3) is 6.76. The molecule has 1 fully saturated rings. The lowest BCUT2D eigenvalue weighted by Crippen LogP contribution is -2.46. The summed E-state index contributed by atoms with van der Waals surface area (Å²) in [6.45, 7) is 1.24. The number of halogens is 3. The van der Waals surface area contributed by atoms with E-state index in [9.17, 15) is 9.90 Å². The lowest BCUT2D eigenvalue weighted by molar-refractivity contribution is -0.137. The van der Waals surface area contributed by atoms with Crippen molar-refractivity contribution in [1.82, 2.24) is 34.4 Å². The number of hydrogen-bond acceptors (Lipinski definition) is 9. The predicted octanol–water partition coefficient (Wildman–Crippen LogP) is 5.30. The summed E-state index contributed by atoms with van der Waals surface area (Å²) in [5.74, 6) is -0.182. The lowest BCUT2D eigenvalue weighted by Gasteiger charge is -2.35. The molecule has 16 heteroatoms. The van der Waals surface area contributed by atoms with Gasteiger partial charge in [-0.25, -0.2) is 13.8 Å². The van der Waals surface area contributed by atoms with Crippen molar-refractivity contribution in [2.24, 2.45) is 0 Å². The van der Waals surface area contributed by atoms with E-state index in [4.69, 9.17) is 21.1 Å². The number of aliphatic hydroxyl groups excluding tert-OH is 1. The maximum atomic E-state index is 15.5. The van der Waals surface area contributed by atoms with Crippen molar-refractivity contribution in [2.75, 3.05) is 26.8 Å². The van der Waals surface area contributed by atoms with E-state index < -0.39 is 30.5 Å². The standard InChI is InChI=1S/C28H24ClF2N7O4.CH4.2H2S/c1-14-35-23-10-32-22-9-20(30)17(16-4-3-15(7-19(16)29)42-28-34-13-33-27(36-28)41-2)8-18(22)26(23)38(14)24-5-6-37(11-21(24)31)25(40)12-39;;;/h3-4,7-10,13,21,24,39H,5-6,11-12H2,1-2H3;1H4;2*1H2/t21-,24-;;;/m0.../s1. The number of amides is 1. The maximum Gasteiger partial charge on any atom is 0.328 e. The molecule has 4 heterocycles. The quantitative estimate of drug-likeness (QED) is 0.254. The molecule has 0 spiro atoms. The molecule has 1 aliphatic rings. The zero-order valence-electron chi connectivity index (χ0n) is 23.5. The molecule has 5 aromatic rings. The Morgan fingerprint density at radius 3 is 2.53 bits per heavy atom. The van der Waals surface area contributed by atoms with Crippen molar-refractivity contribution in [3.63, 3.8) is 0 Å². The molecule has 240 valence electrons. The van der Waals surface area contributed by atoms with Crippen LogP contribution in [0.2, 0.25) is 5.02 Å². The van der Waals surface area contributed by atoms with Gasteiger partial charge in [0.2, 0.25) is 5.91 Å². The van der Waals surface area contributed by atoms with Gasteiger partial charge in [-0.15, -0.1) is 4.98 Å². The van der Waals surface area contributed by atoms with E-state index in [1.807, 2.05) is 0 Å². The molecule has 6 rings (SSSR count). The van der Waals surface area contributed by atoms with Crippen LogP contribution in [-0.2, 0) is 4.79 Å². The van der Waals surface area contributed by atoms with E-state index in [2.05, 4.69) is 24.9 Å². The van der Waals surface area contributed by atoms with Crippen molar-refractivity contribution in [3.05, 3.63) is 59.5 Å². The Balaban J connectivity index is 0.00000184. The highest BCUT2D eigenvalue weighted by Gasteiger charge is 2.34. The lowest BCUT2D eigenvalue weighted by atomic mass is 10.00. The molecule has 2 atom stereocenters. The summed E-state index contributed by atoms with van der Waals surface area (Å²) in [6, 6.07) is 7.13. The Morgan fingerprint density at radius 1 is 1.09 bits per heavy atom. The molecule has 1 amide bonds. The van der Waals surface area contributed by atoms with Crippen LogP contribution >= 0.6 is 38.6 Å². The summed E-state index contributed by atoms with van der Waals surface area (Å²) in [6.07, 6.45) is 1.69. The van der Waals surface area contributed by atoms with Gasteiger partial charge in [0.15, 0.2) is 0 Å². The second-order valence-corrected chi connectivity index (χ2v) is 10.1. The summed E-state index contributed by atoms with van der Waals surface area (Å²) >= 11 is 6.60. The normalized spacial score (nSPS) is 16.0. The van der Waals surface area contributed by atoms with Gasteiger partial charge in [0.1, 0.15) is 42.0 Å². The number of benzene rings is 2. The highest BCUT2D eigenvalue weighted by atomic mass is 35.5. The molecule has 0 saturated carbocycles. The van der Waals surface area contributed by atoms with Gasteiger partial charge in [0.25, 0.3) is 0 Å². The molecule has 3 aromatic heterocycles.